The number of nitrogens with one attached hydrogen (secondary N) is 1. The smallest absolute Gasteiger partial charge is 0.275 e. The molecular formula is C18H16BrN3O5. The Hall–Kier alpha value is -3.20. The van der Waals surface area contributed by atoms with Gasteiger partial charge in [-0.2, -0.15) is 5.10 Å². The number of nitro groups is 1. The molecule has 0 bridgehead atoms. The monoisotopic (exact) mass is 433 g/mol. The fourth-order valence-electron chi connectivity index (χ4n) is 2.11. The Labute approximate surface area is 163 Å². The second-order valence-electron chi connectivity index (χ2n) is 5.12. The minimum Gasteiger partial charge on any atom is -0.496 e. The molecule has 0 aliphatic heterocycles. The average Bonchev–Trinajstić information content (AvgIpc) is 2.66. The summed E-state index contributed by atoms with van der Waals surface area (Å²) in [7, 11) is 1.37. The molecule has 0 fully saturated rings. The molecular weight excluding hydrogens is 418 g/mol. The first kappa shape index (κ1) is 20.1. The molecule has 1 N–H and O–H groups in total. The molecule has 2 rings (SSSR count). The Morgan fingerprint density at radius 1 is 1.33 bits per heavy atom. The number of ether oxygens (including phenoxy) is 2. The number of hydrazone groups is 1. The van der Waals surface area contributed by atoms with Crippen LogP contribution in [0.5, 0.6) is 11.5 Å². The van der Waals surface area contributed by atoms with Crippen molar-refractivity contribution >= 4 is 33.7 Å². The summed E-state index contributed by atoms with van der Waals surface area (Å²) in [5.74, 6) is 0.116. The lowest BCUT2D eigenvalue weighted by Crippen LogP contribution is -2.18. The number of halogens is 1. The molecule has 1 amide bonds. The molecule has 0 heterocycles. The highest BCUT2D eigenvalue weighted by Crippen LogP contribution is 2.24. The summed E-state index contributed by atoms with van der Waals surface area (Å²) in [6, 6.07) is 9.06. The summed E-state index contributed by atoms with van der Waals surface area (Å²) in [6.45, 7) is 3.91. The van der Waals surface area contributed by atoms with Crippen LogP contribution in [-0.2, 0) is 0 Å². The van der Waals surface area contributed by atoms with Crippen LogP contribution in [0, 0.1) is 10.1 Å². The molecule has 140 valence electrons. The van der Waals surface area contributed by atoms with E-state index in [-0.39, 0.29) is 17.0 Å². The van der Waals surface area contributed by atoms with Gasteiger partial charge in [0.15, 0.2) is 0 Å². The number of hydrogen-bond donors (Lipinski definition) is 1. The lowest BCUT2D eigenvalue weighted by molar-refractivity contribution is -0.384. The number of amides is 1. The van der Waals surface area contributed by atoms with Crippen LogP contribution in [0.3, 0.4) is 0 Å². The van der Waals surface area contributed by atoms with E-state index in [9.17, 15) is 14.9 Å². The second-order valence-corrected chi connectivity index (χ2v) is 6.04. The molecule has 0 aromatic heterocycles. The SMILES string of the molecule is C=CCOc1ccc(Br)cc1/C=N\NC(=O)c1cc([N+](=O)[O-])ccc1OC. The van der Waals surface area contributed by atoms with Gasteiger partial charge in [0.05, 0.1) is 23.8 Å². The van der Waals surface area contributed by atoms with Crippen LogP contribution in [0.1, 0.15) is 15.9 Å². The van der Waals surface area contributed by atoms with E-state index in [4.69, 9.17) is 9.47 Å². The number of carbonyl (C=O) groups is 1. The minimum atomic E-state index is -0.643. The van der Waals surface area contributed by atoms with E-state index in [1.165, 1.54) is 25.5 Å². The first-order valence-corrected chi connectivity index (χ1v) is 8.44. The Kier molecular flexibility index (Phi) is 7.07. The zero-order chi connectivity index (χ0) is 19.8. The molecule has 0 unspecified atom stereocenters. The van der Waals surface area contributed by atoms with Crippen LogP contribution >= 0.6 is 15.9 Å². The number of carbonyl (C=O) groups excluding carboxylic acids is 1. The Balaban J connectivity index is 2.20. The molecule has 0 saturated carbocycles. The molecule has 27 heavy (non-hydrogen) atoms. The summed E-state index contributed by atoms with van der Waals surface area (Å²) in [6.07, 6.45) is 3.02. The fourth-order valence-corrected chi connectivity index (χ4v) is 2.49. The Bertz CT molecular complexity index is 899. The van der Waals surface area contributed by atoms with Crippen molar-refractivity contribution in [2.45, 2.75) is 0 Å². The zero-order valence-corrected chi connectivity index (χ0v) is 15.9. The Morgan fingerprint density at radius 2 is 2.07 bits per heavy atom. The van der Waals surface area contributed by atoms with Crippen molar-refractivity contribution in [3.63, 3.8) is 0 Å². The van der Waals surface area contributed by atoms with Crippen molar-refractivity contribution in [1.82, 2.24) is 5.43 Å². The van der Waals surface area contributed by atoms with Gasteiger partial charge in [-0.1, -0.05) is 28.6 Å². The maximum absolute atomic E-state index is 12.3. The molecule has 0 aliphatic carbocycles. The van der Waals surface area contributed by atoms with E-state index in [1.54, 1.807) is 18.2 Å². The maximum atomic E-state index is 12.3. The third kappa shape index (κ3) is 5.38. The quantitative estimate of drug-likeness (QED) is 0.296. The predicted octanol–water partition coefficient (Wildman–Crippen LogP) is 3.69. The van der Waals surface area contributed by atoms with Crippen molar-refractivity contribution in [3.05, 3.63) is 74.8 Å². The van der Waals surface area contributed by atoms with E-state index >= 15 is 0 Å². The molecule has 0 saturated heterocycles. The van der Waals surface area contributed by atoms with Gasteiger partial charge in [0, 0.05) is 22.2 Å². The first-order chi connectivity index (χ1) is 13.0. The lowest BCUT2D eigenvalue weighted by atomic mass is 10.1. The first-order valence-electron chi connectivity index (χ1n) is 7.65. The molecule has 0 atom stereocenters. The molecule has 2 aromatic carbocycles. The van der Waals surface area contributed by atoms with Gasteiger partial charge in [-0.25, -0.2) is 5.43 Å². The van der Waals surface area contributed by atoms with Crippen LogP contribution in [0.4, 0.5) is 5.69 Å². The summed E-state index contributed by atoms with van der Waals surface area (Å²) < 4.78 is 11.4. The highest BCUT2D eigenvalue weighted by Gasteiger charge is 2.17. The average molecular weight is 434 g/mol. The number of non-ortho nitro benzene ring substituents is 1. The van der Waals surface area contributed by atoms with E-state index in [2.05, 4.69) is 33.0 Å². The number of benzene rings is 2. The van der Waals surface area contributed by atoms with Gasteiger partial charge in [0.2, 0.25) is 0 Å². The van der Waals surface area contributed by atoms with Crippen molar-refractivity contribution in [1.29, 1.82) is 0 Å². The van der Waals surface area contributed by atoms with Crippen LogP contribution in [0.15, 0.2) is 58.6 Å². The molecule has 0 aliphatic rings. The van der Waals surface area contributed by atoms with Crippen LogP contribution in [-0.4, -0.2) is 30.8 Å². The molecule has 0 spiro atoms. The maximum Gasteiger partial charge on any atom is 0.275 e. The molecule has 8 nitrogen and oxygen atoms in total. The van der Waals surface area contributed by atoms with Crippen LogP contribution < -0.4 is 14.9 Å². The Morgan fingerprint density at radius 3 is 2.74 bits per heavy atom. The number of hydrogen-bond acceptors (Lipinski definition) is 6. The number of nitrogens with zero attached hydrogens (tertiary/aromatic N) is 2. The zero-order valence-electron chi connectivity index (χ0n) is 14.3. The van der Waals surface area contributed by atoms with Crippen LogP contribution in [0.25, 0.3) is 0 Å². The predicted molar refractivity (Wildman–Crippen MR) is 105 cm³/mol. The third-order valence-corrected chi connectivity index (χ3v) is 3.83. The summed E-state index contributed by atoms with van der Waals surface area (Å²) in [5.41, 5.74) is 2.73. The molecule has 2 aromatic rings. The highest BCUT2D eigenvalue weighted by molar-refractivity contribution is 9.10. The van der Waals surface area contributed by atoms with E-state index in [0.29, 0.717) is 17.9 Å². The minimum absolute atomic E-state index is 0.00113. The van der Waals surface area contributed by atoms with Gasteiger partial charge in [0.25, 0.3) is 11.6 Å². The fraction of sp³-hybridized carbons (Fsp3) is 0.111. The topological polar surface area (TPSA) is 103 Å². The van der Waals surface area contributed by atoms with Gasteiger partial charge in [-0.15, -0.1) is 0 Å². The molecule has 0 radical (unpaired) electrons. The largest absolute Gasteiger partial charge is 0.496 e. The number of rotatable bonds is 8. The van der Waals surface area contributed by atoms with Crippen molar-refractivity contribution in [3.8, 4) is 11.5 Å². The van der Waals surface area contributed by atoms with Gasteiger partial charge in [-0.05, 0) is 24.3 Å². The van der Waals surface area contributed by atoms with Crippen molar-refractivity contribution < 1.29 is 19.2 Å². The van der Waals surface area contributed by atoms with Crippen molar-refractivity contribution in [2.75, 3.05) is 13.7 Å². The normalized spacial score (nSPS) is 10.4. The van der Waals surface area contributed by atoms with Gasteiger partial charge >= 0.3 is 0 Å². The third-order valence-electron chi connectivity index (χ3n) is 3.34. The summed E-state index contributed by atoms with van der Waals surface area (Å²) in [5, 5.41) is 14.8. The lowest BCUT2D eigenvalue weighted by Gasteiger charge is -2.08. The van der Waals surface area contributed by atoms with Gasteiger partial charge < -0.3 is 9.47 Å². The van der Waals surface area contributed by atoms with Crippen molar-refractivity contribution in [2.24, 2.45) is 5.10 Å². The van der Waals surface area contributed by atoms with Gasteiger partial charge in [0.1, 0.15) is 18.1 Å². The number of nitro benzene ring substituents is 1. The highest BCUT2D eigenvalue weighted by atomic mass is 79.9. The van der Waals surface area contributed by atoms with Crippen LogP contribution in [0.2, 0.25) is 0 Å². The summed E-state index contributed by atoms with van der Waals surface area (Å²) in [4.78, 5) is 22.6. The van der Waals surface area contributed by atoms with E-state index in [1.807, 2.05) is 6.07 Å². The molecule has 9 heteroatoms. The van der Waals surface area contributed by atoms with Gasteiger partial charge in [-0.3, -0.25) is 14.9 Å². The van der Waals surface area contributed by atoms with E-state index in [0.717, 1.165) is 10.5 Å². The standard InChI is InChI=1S/C18H16BrN3O5/c1-3-8-27-16-6-4-13(19)9-12(16)11-20-21-18(23)15-10-14(22(24)25)5-7-17(15)26-2/h3-7,9-11H,1,8H2,2H3,(H,21,23)/b20-11-. The van der Waals surface area contributed by atoms with E-state index < -0.39 is 10.8 Å². The number of methoxy groups -OCH3 is 1. The second kappa shape index (κ2) is 9.48. The summed E-state index contributed by atoms with van der Waals surface area (Å²) >= 11 is 3.36.